The fourth-order valence-electron chi connectivity index (χ4n) is 1.37. The van der Waals surface area contributed by atoms with Gasteiger partial charge in [-0.15, -0.1) is 0 Å². The van der Waals surface area contributed by atoms with Gasteiger partial charge >= 0.3 is 0 Å². The van der Waals surface area contributed by atoms with E-state index < -0.39 is 28.3 Å². The molecule has 0 unspecified atom stereocenters. The number of hydrazone groups is 1. The number of amides is 1. The average molecular weight is 301 g/mol. The van der Waals surface area contributed by atoms with Gasteiger partial charge in [-0.3, -0.25) is 9.10 Å². The first-order chi connectivity index (χ1) is 9.20. The topological polar surface area (TPSA) is 78.8 Å². The molecule has 0 radical (unpaired) electrons. The highest BCUT2D eigenvalue weighted by molar-refractivity contribution is 7.92. The Morgan fingerprint density at radius 2 is 2.05 bits per heavy atom. The molecular weight excluding hydrogens is 285 g/mol. The average Bonchev–Trinajstić information content (AvgIpc) is 2.32. The van der Waals surface area contributed by atoms with E-state index in [1.165, 1.54) is 18.2 Å². The predicted molar refractivity (Wildman–Crippen MR) is 75.5 cm³/mol. The summed E-state index contributed by atoms with van der Waals surface area (Å²) in [5.74, 6) is -1.19. The number of halogens is 1. The third-order valence-electron chi connectivity index (χ3n) is 2.19. The lowest BCUT2D eigenvalue weighted by molar-refractivity contribution is -0.119. The molecule has 1 aromatic rings. The maximum absolute atomic E-state index is 13.2. The molecule has 6 nitrogen and oxygen atoms in total. The van der Waals surface area contributed by atoms with Crippen LogP contribution in [0.25, 0.3) is 0 Å². The van der Waals surface area contributed by atoms with Crippen molar-refractivity contribution in [3.8, 4) is 0 Å². The number of anilines is 1. The molecule has 0 saturated carbocycles. The van der Waals surface area contributed by atoms with Crippen LogP contribution in [-0.4, -0.2) is 32.8 Å². The molecule has 0 aliphatic rings. The zero-order chi connectivity index (χ0) is 15.3. The summed E-state index contributed by atoms with van der Waals surface area (Å²) in [6.45, 7) is 2.89. The normalized spacial score (nSPS) is 10.8. The molecule has 0 bridgehead atoms. The second-order valence-corrected chi connectivity index (χ2v) is 6.25. The molecule has 8 heteroatoms. The second kappa shape index (κ2) is 6.47. The van der Waals surface area contributed by atoms with Gasteiger partial charge in [0, 0.05) is 5.71 Å². The first-order valence-corrected chi connectivity index (χ1v) is 7.58. The largest absolute Gasteiger partial charge is 0.271 e. The lowest BCUT2D eigenvalue weighted by atomic mass is 10.3. The van der Waals surface area contributed by atoms with Gasteiger partial charge in [-0.05, 0) is 32.0 Å². The summed E-state index contributed by atoms with van der Waals surface area (Å²) in [6.07, 6.45) is 0.944. The van der Waals surface area contributed by atoms with E-state index in [-0.39, 0.29) is 5.69 Å². The van der Waals surface area contributed by atoms with E-state index >= 15 is 0 Å². The van der Waals surface area contributed by atoms with Crippen molar-refractivity contribution in [2.75, 3.05) is 17.1 Å². The summed E-state index contributed by atoms with van der Waals surface area (Å²) < 4.78 is 37.4. The van der Waals surface area contributed by atoms with E-state index in [1.807, 2.05) is 0 Å². The van der Waals surface area contributed by atoms with Gasteiger partial charge < -0.3 is 0 Å². The van der Waals surface area contributed by atoms with Gasteiger partial charge in [-0.25, -0.2) is 18.2 Å². The highest BCUT2D eigenvalue weighted by Crippen LogP contribution is 2.18. The monoisotopic (exact) mass is 301 g/mol. The van der Waals surface area contributed by atoms with Crippen molar-refractivity contribution in [2.45, 2.75) is 13.8 Å². The molecule has 1 aromatic carbocycles. The first-order valence-electron chi connectivity index (χ1n) is 5.73. The molecule has 0 aromatic heterocycles. The standard InChI is InChI=1S/C12H16FN3O3S/c1-9(2)14-15-12(17)8-16(20(3,18)19)11-6-4-5-10(13)7-11/h4-7H,8H2,1-3H3,(H,15,17). The molecule has 0 saturated heterocycles. The van der Waals surface area contributed by atoms with E-state index in [4.69, 9.17) is 0 Å². The van der Waals surface area contributed by atoms with Crippen LogP contribution in [0.2, 0.25) is 0 Å². The number of hydrogen-bond donors (Lipinski definition) is 1. The van der Waals surface area contributed by atoms with E-state index in [2.05, 4.69) is 10.5 Å². The number of benzene rings is 1. The van der Waals surface area contributed by atoms with E-state index in [0.717, 1.165) is 16.6 Å². The zero-order valence-electron chi connectivity index (χ0n) is 11.4. The molecule has 0 aliphatic carbocycles. The Balaban J connectivity index is 2.98. The summed E-state index contributed by atoms with van der Waals surface area (Å²) >= 11 is 0. The van der Waals surface area contributed by atoms with Gasteiger partial charge in [0.25, 0.3) is 5.91 Å². The SMILES string of the molecule is CC(C)=NNC(=O)CN(c1cccc(F)c1)S(C)(=O)=O. The summed E-state index contributed by atoms with van der Waals surface area (Å²) in [7, 11) is -3.71. The zero-order valence-corrected chi connectivity index (χ0v) is 12.2. The Kier molecular flexibility index (Phi) is 5.20. The summed E-state index contributed by atoms with van der Waals surface area (Å²) in [6, 6.07) is 5.01. The molecule has 1 N–H and O–H groups in total. The van der Waals surface area contributed by atoms with Crippen LogP contribution in [0.1, 0.15) is 13.8 Å². The fraction of sp³-hybridized carbons (Fsp3) is 0.333. The molecule has 0 atom stereocenters. The fourth-order valence-corrected chi connectivity index (χ4v) is 2.22. The van der Waals surface area contributed by atoms with Crippen molar-refractivity contribution >= 4 is 27.3 Å². The number of nitrogens with one attached hydrogen (secondary N) is 1. The van der Waals surface area contributed by atoms with Crippen molar-refractivity contribution in [1.82, 2.24) is 5.43 Å². The van der Waals surface area contributed by atoms with Crippen LogP contribution in [0.3, 0.4) is 0 Å². The van der Waals surface area contributed by atoms with Crippen molar-refractivity contribution in [3.05, 3.63) is 30.1 Å². The molecule has 0 fully saturated rings. The van der Waals surface area contributed by atoms with Crippen molar-refractivity contribution in [1.29, 1.82) is 0 Å². The quantitative estimate of drug-likeness (QED) is 0.653. The van der Waals surface area contributed by atoms with Crippen molar-refractivity contribution in [2.24, 2.45) is 5.10 Å². The van der Waals surface area contributed by atoms with Crippen molar-refractivity contribution in [3.63, 3.8) is 0 Å². The Hall–Kier alpha value is -1.96. The van der Waals surface area contributed by atoms with Gasteiger partial charge in [-0.1, -0.05) is 6.07 Å². The second-order valence-electron chi connectivity index (χ2n) is 4.34. The minimum atomic E-state index is -3.71. The van der Waals surface area contributed by atoms with Crippen LogP contribution in [0.4, 0.5) is 10.1 Å². The lowest BCUT2D eigenvalue weighted by Gasteiger charge is -2.21. The molecule has 0 aliphatic heterocycles. The highest BCUT2D eigenvalue weighted by atomic mass is 32.2. The maximum atomic E-state index is 13.2. The molecule has 20 heavy (non-hydrogen) atoms. The van der Waals surface area contributed by atoms with Gasteiger partial charge in [0.05, 0.1) is 11.9 Å². The van der Waals surface area contributed by atoms with Crippen molar-refractivity contribution < 1.29 is 17.6 Å². The van der Waals surface area contributed by atoms with Crippen LogP contribution >= 0.6 is 0 Å². The lowest BCUT2D eigenvalue weighted by Crippen LogP contribution is -2.39. The summed E-state index contributed by atoms with van der Waals surface area (Å²) in [4.78, 5) is 11.6. The number of sulfonamides is 1. The molecule has 0 spiro atoms. The minimum Gasteiger partial charge on any atom is -0.271 e. The third-order valence-corrected chi connectivity index (χ3v) is 3.33. The van der Waals surface area contributed by atoms with Gasteiger partial charge in [0.15, 0.2) is 0 Å². The van der Waals surface area contributed by atoms with E-state index in [9.17, 15) is 17.6 Å². The van der Waals surface area contributed by atoms with Gasteiger partial charge in [0.2, 0.25) is 10.0 Å². The van der Waals surface area contributed by atoms with E-state index in [1.54, 1.807) is 13.8 Å². The number of rotatable bonds is 5. The Bertz CT molecular complexity index is 625. The molecule has 1 amide bonds. The Morgan fingerprint density at radius 3 is 2.55 bits per heavy atom. The summed E-state index contributed by atoms with van der Waals surface area (Å²) in [5.41, 5.74) is 2.92. The number of nitrogens with zero attached hydrogens (tertiary/aromatic N) is 2. The summed E-state index contributed by atoms with van der Waals surface area (Å²) in [5, 5.41) is 3.69. The van der Waals surface area contributed by atoms with Crippen LogP contribution in [0.5, 0.6) is 0 Å². The van der Waals surface area contributed by atoms with Crippen LogP contribution in [0, 0.1) is 5.82 Å². The third kappa shape index (κ3) is 4.96. The minimum absolute atomic E-state index is 0.0832. The molecule has 110 valence electrons. The molecule has 1 rings (SSSR count). The Labute approximate surface area is 117 Å². The molecule has 0 heterocycles. The highest BCUT2D eigenvalue weighted by Gasteiger charge is 2.21. The Morgan fingerprint density at radius 1 is 1.40 bits per heavy atom. The maximum Gasteiger partial charge on any atom is 0.260 e. The molecular formula is C12H16FN3O3S. The predicted octanol–water partition coefficient (Wildman–Crippen LogP) is 1.10. The van der Waals surface area contributed by atoms with Gasteiger partial charge in [-0.2, -0.15) is 5.10 Å². The smallest absolute Gasteiger partial charge is 0.260 e. The van der Waals surface area contributed by atoms with E-state index in [0.29, 0.717) is 5.71 Å². The van der Waals surface area contributed by atoms with Crippen LogP contribution < -0.4 is 9.73 Å². The number of hydrogen-bond acceptors (Lipinski definition) is 4. The first kappa shape index (κ1) is 16.1. The van der Waals surface area contributed by atoms with Crippen LogP contribution in [0.15, 0.2) is 29.4 Å². The number of carbonyl (C=O) groups excluding carboxylic acids is 1. The van der Waals surface area contributed by atoms with Gasteiger partial charge in [0.1, 0.15) is 12.4 Å². The number of carbonyl (C=O) groups is 1. The van der Waals surface area contributed by atoms with Crippen LogP contribution in [-0.2, 0) is 14.8 Å².